The van der Waals surface area contributed by atoms with E-state index in [0.717, 1.165) is 17.5 Å². The normalized spacial score (nSPS) is 20.0. The van der Waals surface area contributed by atoms with Gasteiger partial charge < -0.3 is 10.4 Å². The number of carbonyl (C=O) groups is 2. The van der Waals surface area contributed by atoms with Crippen LogP contribution in [0.3, 0.4) is 0 Å². The molecule has 0 saturated heterocycles. The Kier molecular flexibility index (Phi) is 4.54. The Hall–Kier alpha value is -2.77. The van der Waals surface area contributed by atoms with E-state index in [9.17, 15) is 9.59 Å². The quantitative estimate of drug-likeness (QED) is 0.847. The number of aryl methyl sites for hydroxylation is 1. The summed E-state index contributed by atoms with van der Waals surface area (Å²) in [5.74, 6) is -1.23. The van der Waals surface area contributed by atoms with E-state index in [1.165, 1.54) is 4.80 Å². The summed E-state index contributed by atoms with van der Waals surface area (Å²) >= 11 is 0. The molecule has 1 aliphatic rings. The third-order valence-electron chi connectivity index (χ3n) is 4.23. The van der Waals surface area contributed by atoms with E-state index in [1.54, 1.807) is 0 Å². The number of amides is 1. The van der Waals surface area contributed by atoms with Crippen LogP contribution >= 0.6 is 0 Å². The van der Waals surface area contributed by atoms with Crippen LogP contribution in [0.25, 0.3) is 11.4 Å². The lowest BCUT2D eigenvalue weighted by Crippen LogP contribution is -2.41. The maximum Gasteiger partial charge on any atom is 0.308 e. The zero-order chi connectivity index (χ0) is 17.1. The molecule has 2 aromatic rings. The maximum atomic E-state index is 12.1. The molecule has 1 saturated carbocycles. The number of nitrogens with zero attached hydrogens (tertiary/aromatic N) is 4. The molecule has 0 spiro atoms. The van der Waals surface area contributed by atoms with Gasteiger partial charge >= 0.3 is 5.97 Å². The molecule has 1 heterocycles. The van der Waals surface area contributed by atoms with Gasteiger partial charge in [0.25, 0.3) is 0 Å². The van der Waals surface area contributed by atoms with Gasteiger partial charge in [0.1, 0.15) is 6.54 Å². The van der Waals surface area contributed by atoms with Crippen LogP contribution in [-0.4, -0.2) is 43.2 Å². The predicted molar refractivity (Wildman–Crippen MR) is 84.9 cm³/mol. The first kappa shape index (κ1) is 16.1. The summed E-state index contributed by atoms with van der Waals surface area (Å²) in [5.41, 5.74) is 1.96. The van der Waals surface area contributed by atoms with E-state index in [0.29, 0.717) is 18.7 Å². The monoisotopic (exact) mass is 329 g/mol. The lowest BCUT2D eigenvalue weighted by molar-refractivity contribution is -0.142. The summed E-state index contributed by atoms with van der Waals surface area (Å²) in [6.45, 7) is 1.91. The number of carboxylic acids is 1. The van der Waals surface area contributed by atoms with E-state index >= 15 is 0 Å². The van der Waals surface area contributed by atoms with Crippen molar-refractivity contribution in [1.29, 1.82) is 0 Å². The Morgan fingerprint density at radius 3 is 2.75 bits per heavy atom. The number of aliphatic carboxylic acids is 1. The fraction of sp³-hybridized carbons (Fsp3) is 0.438. The highest BCUT2D eigenvalue weighted by atomic mass is 16.4. The van der Waals surface area contributed by atoms with Crippen LogP contribution in [0.2, 0.25) is 0 Å². The van der Waals surface area contributed by atoms with Crippen molar-refractivity contribution in [2.24, 2.45) is 5.92 Å². The molecule has 126 valence electrons. The van der Waals surface area contributed by atoms with Crippen LogP contribution in [-0.2, 0) is 16.1 Å². The summed E-state index contributed by atoms with van der Waals surface area (Å²) in [6.07, 6.45) is 2.09. The maximum absolute atomic E-state index is 12.1. The molecule has 1 fully saturated rings. The number of hydrogen-bond acceptors (Lipinski definition) is 5. The molecule has 1 aliphatic carbocycles. The first-order chi connectivity index (χ1) is 11.5. The molecule has 2 N–H and O–H groups in total. The van der Waals surface area contributed by atoms with Gasteiger partial charge in [0, 0.05) is 11.6 Å². The summed E-state index contributed by atoms with van der Waals surface area (Å²) in [7, 11) is 0. The molecule has 1 aromatic carbocycles. The van der Waals surface area contributed by atoms with Crippen LogP contribution < -0.4 is 5.32 Å². The minimum Gasteiger partial charge on any atom is -0.481 e. The first-order valence-corrected chi connectivity index (χ1v) is 7.90. The van der Waals surface area contributed by atoms with Gasteiger partial charge in [-0.1, -0.05) is 36.2 Å². The molecule has 0 aliphatic heterocycles. The Morgan fingerprint density at radius 2 is 2.04 bits per heavy atom. The average Bonchev–Trinajstić information content (AvgIpc) is 3.17. The average molecular weight is 329 g/mol. The molecule has 1 aromatic heterocycles. The molecule has 0 bridgehead atoms. The standard InChI is InChI=1S/C16H19N5O3/c1-10-5-7-11(8-6-10)15-18-20-21(19-15)9-14(22)17-13-4-2-3-12(13)16(23)24/h5-8,12-13H,2-4,9H2,1H3,(H,17,22)(H,23,24)/t12-,13+/m0/s1. The highest BCUT2D eigenvalue weighted by Crippen LogP contribution is 2.25. The number of carboxylic acid groups (broad SMARTS) is 1. The molecular formula is C16H19N5O3. The summed E-state index contributed by atoms with van der Waals surface area (Å²) in [4.78, 5) is 24.5. The summed E-state index contributed by atoms with van der Waals surface area (Å²) in [5, 5.41) is 23.9. The largest absolute Gasteiger partial charge is 0.481 e. The minimum atomic E-state index is -0.863. The predicted octanol–water partition coefficient (Wildman–Crippen LogP) is 1.02. The van der Waals surface area contributed by atoms with E-state index in [-0.39, 0.29) is 18.5 Å². The van der Waals surface area contributed by atoms with Crippen molar-refractivity contribution < 1.29 is 14.7 Å². The first-order valence-electron chi connectivity index (χ1n) is 7.90. The number of hydrogen-bond donors (Lipinski definition) is 2. The number of carbonyl (C=O) groups excluding carboxylic acids is 1. The van der Waals surface area contributed by atoms with E-state index < -0.39 is 11.9 Å². The third-order valence-corrected chi connectivity index (χ3v) is 4.23. The van der Waals surface area contributed by atoms with Gasteiger partial charge in [-0.25, -0.2) is 0 Å². The molecule has 24 heavy (non-hydrogen) atoms. The fourth-order valence-corrected chi connectivity index (χ4v) is 2.94. The number of aromatic nitrogens is 4. The van der Waals surface area contributed by atoms with E-state index in [2.05, 4.69) is 20.7 Å². The van der Waals surface area contributed by atoms with Crippen LogP contribution in [0.4, 0.5) is 0 Å². The number of tetrazole rings is 1. The van der Waals surface area contributed by atoms with Crippen molar-refractivity contribution in [1.82, 2.24) is 25.5 Å². The molecule has 8 nitrogen and oxygen atoms in total. The number of nitrogens with one attached hydrogen (secondary N) is 1. The van der Waals surface area contributed by atoms with Gasteiger partial charge in [-0.3, -0.25) is 9.59 Å². The van der Waals surface area contributed by atoms with Crippen LogP contribution in [0.15, 0.2) is 24.3 Å². The zero-order valence-electron chi connectivity index (χ0n) is 13.3. The van der Waals surface area contributed by atoms with Gasteiger partial charge in [-0.15, -0.1) is 10.2 Å². The van der Waals surface area contributed by atoms with Crippen molar-refractivity contribution in [2.75, 3.05) is 0 Å². The Balaban J connectivity index is 1.61. The molecule has 0 radical (unpaired) electrons. The smallest absolute Gasteiger partial charge is 0.308 e. The second-order valence-electron chi connectivity index (χ2n) is 6.06. The van der Waals surface area contributed by atoms with Crippen LogP contribution in [0, 0.1) is 12.8 Å². The number of rotatable bonds is 5. The third kappa shape index (κ3) is 3.58. The van der Waals surface area contributed by atoms with Gasteiger partial charge in [0.2, 0.25) is 11.7 Å². The summed E-state index contributed by atoms with van der Waals surface area (Å²) in [6, 6.07) is 7.37. The molecular weight excluding hydrogens is 310 g/mol. The lowest BCUT2D eigenvalue weighted by atomic mass is 10.0. The van der Waals surface area contributed by atoms with Gasteiger partial charge in [-0.05, 0) is 25.0 Å². The van der Waals surface area contributed by atoms with Gasteiger partial charge in [0.15, 0.2) is 0 Å². The van der Waals surface area contributed by atoms with E-state index in [1.807, 2.05) is 31.2 Å². The zero-order valence-corrected chi connectivity index (χ0v) is 13.3. The van der Waals surface area contributed by atoms with Crippen molar-refractivity contribution in [3.8, 4) is 11.4 Å². The number of benzene rings is 1. The molecule has 8 heteroatoms. The molecule has 3 rings (SSSR count). The van der Waals surface area contributed by atoms with Crippen LogP contribution in [0.5, 0.6) is 0 Å². The second kappa shape index (κ2) is 6.77. The van der Waals surface area contributed by atoms with Crippen molar-refractivity contribution in [2.45, 2.75) is 38.8 Å². The highest BCUT2D eigenvalue weighted by Gasteiger charge is 2.33. The van der Waals surface area contributed by atoms with Crippen molar-refractivity contribution >= 4 is 11.9 Å². The van der Waals surface area contributed by atoms with Crippen LogP contribution in [0.1, 0.15) is 24.8 Å². The topological polar surface area (TPSA) is 110 Å². The fourth-order valence-electron chi connectivity index (χ4n) is 2.94. The van der Waals surface area contributed by atoms with Gasteiger partial charge in [0.05, 0.1) is 5.92 Å². The van der Waals surface area contributed by atoms with E-state index in [4.69, 9.17) is 5.11 Å². The Bertz CT molecular complexity index is 740. The van der Waals surface area contributed by atoms with Crippen molar-refractivity contribution in [3.63, 3.8) is 0 Å². The van der Waals surface area contributed by atoms with Crippen molar-refractivity contribution in [3.05, 3.63) is 29.8 Å². The second-order valence-corrected chi connectivity index (χ2v) is 6.06. The molecule has 0 unspecified atom stereocenters. The molecule has 2 atom stereocenters. The summed E-state index contributed by atoms with van der Waals surface area (Å²) < 4.78 is 0. The lowest BCUT2D eigenvalue weighted by Gasteiger charge is -2.17. The molecule has 1 amide bonds. The Morgan fingerprint density at radius 1 is 1.29 bits per heavy atom. The van der Waals surface area contributed by atoms with Gasteiger partial charge in [-0.2, -0.15) is 4.80 Å². The minimum absolute atomic E-state index is 0.0816. The highest BCUT2D eigenvalue weighted by molar-refractivity contribution is 5.78. The Labute approximate surface area is 138 Å². The SMILES string of the molecule is Cc1ccc(-c2nnn(CC(=O)N[C@@H]3CCC[C@@H]3C(=O)O)n2)cc1.